The fraction of sp³-hybridized carbons (Fsp3) is 0.500. The number of aromatic hydroxyl groups is 1. The highest BCUT2D eigenvalue weighted by molar-refractivity contribution is 5.98. The molecule has 36 heavy (non-hydrogen) atoms. The summed E-state index contributed by atoms with van der Waals surface area (Å²) in [7, 11) is 1.35. The summed E-state index contributed by atoms with van der Waals surface area (Å²) in [5.74, 6) is -1.85. The SMILES string of the molecule is COc1ccnc(C(=O)NC2COCC(OCC3CC3)C(Cc3ccc(F)cc3)C(C)OC2=O)c1O. The van der Waals surface area contributed by atoms with Gasteiger partial charge in [-0.1, -0.05) is 12.1 Å². The lowest BCUT2D eigenvalue weighted by atomic mass is 9.89. The number of rotatable bonds is 8. The normalized spacial score (nSPS) is 24.7. The number of benzene rings is 1. The first-order valence-corrected chi connectivity index (χ1v) is 12.0. The molecule has 1 aliphatic heterocycles. The number of carbonyl (C=O) groups excluding carboxylic acids is 2. The van der Waals surface area contributed by atoms with Crippen molar-refractivity contribution in [3.05, 3.63) is 53.6 Å². The molecule has 194 valence electrons. The van der Waals surface area contributed by atoms with Gasteiger partial charge in [-0.25, -0.2) is 14.2 Å². The van der Waals surface area contributed by atoms with Gasteiger partial charge in [0, 0.05) is 24.8 Å². The van der Waals surface area contributed by atoms with E-state index in [0.717, 1.165) is 18.4 Å². The maximum absolute atomic E-state index is 13.4. The molecule has 2 aliphatic rings. The van der Waals surface area contributed by atoms with Gasteiger partial charge in [0.15, 0.2) is 23.2 Å². The maximum atomic E-state index is 13.4. The molecule has 2 heterocycles. The Morgan fingerprint density at radius 2 is 1.97 bits per heavy atom. The minimum atomic E-state index is -1.12. The Bertz CT molecular complexity index is 1060. The predicted molar refractivity (Wildman–Crippen MR) is 126 cm³/mol. The third-order valence-electron chi connectivity index (χ3n) is 6.49. The van der Waals surface area contributed by atoms with Crippen molar-refractivity contribution >= 4 is 11.9 Å². The van der Waals surface area contributed by atoms with Gasteiger partial charge in [0.05, 0.1) is 26.4 Å². The van der Waals surface area contributed by atoms with Crippen molar-refractivity contribution in [3.8, 4) is 11.5 Å². The summed E-state index contributed by atoms with van der Waals surface area (Å²) < 4.78 is 36.2. The van der Waals surface area contributed by atoms with Crippen LogP contribution < -0.4 is 10.1 Å². The van der Waals surface area contributed by atoms with Gasteiger partial charge in [0.2, 0.25) is 0 Å². The van der Waals surface area contributed by atoms with E-state index in [1.165, 1.54) is 31.5 Å². The number of halogens is 1. The molecular formula is C26H31FN2O7. The fourth-order valence-electron chi connectivity index (χ4n) is 4.15. The van der Waals surface area contributed by atoms with E-state index in [1.54, 1.807) is 19.1 Å². The summed E-state index contributed by atoms with van der Waals surface area (Å²) in [5, 5.41) is 12.8. The van der Waals surface area contributed by atoms with Crippen LogP contribution in [0.15, 0.2) is 36.5 Å². The molecule has 0 bridgehead atoms. The molecule has 0 spiro atoms. The van der Waals surface area contributed by atoms with Crippen molar-refractivity contribution in [2.45, 2.75) is 44.4 Å². The number of esters is 1. The van der Waals surface area contributed by atoms with Crippen molar-refractivity contribution in [1.82, 2.24) is 10.3 Å². The van der Waals surface area contributed by atoms with Crippen LogP contribution in [0.25, 0.3) is 0 Å². The highest BCUT2D eigenvalue weighted by Crippen LogP contribution is 2.31. The van der Waals surface area contributed by atoms with Gasteiger partial charge >= 0.3 is 5.97 Å². The summed E-state index contributed by atoms with van der Waals surface area (Å²) >= 11 is 0. The molecule has 1 saturated heterocycles. The highest BCUT2D eigenvalue weighted by Gasteiger charge is 2.37. The first kappa shape index (κ1) is 25.8. The smallest absolute Gasteiger partial charge is 0.331 e. The van der Waals surface area contributed by atoms with Crippen LogP contribution in [0.4, 0.5) is 4.39 Å². The van der Waals surface area contributed by atoms with Crippen molar-refractivity contribution in [2.24, 2.45) is 11.8 Å². The summed E-state index contributed by atoms with van der Waals surface area (Å²) in [6, 6.07) is 6.48. The Morgan fingerprint density at radius 1 is 1.22 bits per heavy atom. The van der Waals surface area contributed by atoms with Crippen molar-refractivity contribution in [2.75, 3.05) is 26.9 Å². The van der Waals surface area contributed by atoms with E-state index < -0.39 is 29.8 Å². The molecule has 1 aromatic heterocycles. The Balaban J connectivity index is 1.49. The van der Waals surface area contributed by atoms with E-state index >= 15 is 0 Å². The van der Waals surface area contributed by atoms with Crippen LogP contribution in [0.5, 0.6) is 11.5 Å². The van der Waals surface area contributed by atoms with E-state index in [2.05, 4.69) is 10.3 Å². The Kier molecular flexibility index (Phi) is 8.37. The van der Waals surface area contributed by atoms with E-state index in [9.17, 15) is 19.1 Å². The molecule has 2 fully saturated rings. The zero-order valence-electron chi connectivity index (χ0n) is 20.3. The lowest BCUT2D eigenvalue weighted by Crippen LogP contribution is -2.46. The summed E-state index contributed by atoms with van der Waals surface area (Å²) in [6.45, 7) is 2.41. The Hall–Kier alpha value is -3.24. The molecule has 1 saturated carbocycles. The van der Waals surface area contributed by atoms with Crippen LogP contribution in [-0.2, 0) is 25.4 Å². The van der Waals surface area contributed by atoms with Crippen molar-refractivity contribution in [1.29, 1.82) is 0 Å². The summed E-state index contributed by atoms with van der Waals surface area (Å²) in [5.41, 5.74) is 0.600. The first-order valence-electron chi connectivity index (χ1n) is 12.0. The van der Waals surface area contributed by atoms with Crippen molar-refractivity contribution < 1.29 is 38.0 Å². The van der Waals surface area contributed by atoms with Gasteiger partial charge in [0.1, 0.15) is 11.9 Å². The highest BCUT2D eigenvalue weighted by atomic mass is 19.1. The zero-order valence-corrected chi connectivity index (χ0v) is 20.3. The summed E-state index contributed by atoms with van der Waals surface area (Å²) in [4.78, 5) is 29.7. The van der Waals surface area contributed by atoms with Gasteiger partial charge in [-0.05, 0) is 49.8 Å². The number of amides is 1. The molecule has 0 radical (unpaired) electrons. The second-order valence-electron chi connectivity index (χ2n) is 9.23. The standard InChI is InChI=1S/C26H31FN2O7/c1-15-19(11-16-5-7-18(27)8-6-16)22(35-12-17-3-4-17)14-34-13-20(26(32)36-15)29-25(31)23-24(30)21(33-2)9-10-28-23/h5-10,15,17,19-20,22,30H,3-4,11-14H2,1-2H3,(H,29,31). The van der Waals surface area contributed by atoms with Crippen LogP contribution >= 0.6 is 0 Å². The molecule has 2 aromatic rings. The third-order valence-corrected chi connectivity index (χ3v) is 6.49. The van der Waals surface area contributed by atoms with Crippen molar-refractivity contribution in [3.63, 3.8) is 0 Å². The van der Waals surface area contributed by atoms with Gasteiger partial charge in [-0.3, -0.25) is 4.79 Å². The fourth-order valence-corrected chi connectivity index (χ4v) is 4.15. The molecule has 2 N–H and O–H groups in total. The van der Waals surface area contributed by atoms with Gasteiger partial charge in [0.25, 0.3) is 5.91 Å². The third kappa shape index (κ3) is 6.50. The minimum absolute atomic E-state index is 0.0800. The molecule has 4 atom stereocenters. The van der Waals surface area contributed by atoms with E-state index in [-0.39, 0.29) is 42.5 Å². The van der Waals surface area contributed by atoms with Crippen LogP contribution in [0.3, 0.4) is 0 Å². The number of ether oxygens (including phenoxy) is 4. The van der Waals surface area contributed by atoms with Crippen LogP contribution in [-0.4, -0.2) is 67.1 Å². The van der Waals surface area contributed by atoms with E-state index in [1.807, 2.05) is 0 Å². The topological polar surface area (TPSA) is 116 Å². The average molecular weight is 503 g/mol. The van der Waals surface area contributed by atoms with Gasteiger partial charge in [-0.15, -0.1) is 0 Å². The lowest BCUT2D eigenvalue weighted by Gasteiger charge is -2.31. The average Bonchev–Trinajstić information content (AvgIpc) is 3.69. The van der Waals surface area contributed by atoms with Crippen LogP contribution in [0.2, 0.25) is 0 Å². The first-order chi connectivity index (χ1) is 17.4. The van der Waals surface area contributed by atoms with Crippen LogP contribution in [0, 0.1) is 17.7 Å². The predicted octanol–water partition coefficient (Wildman–Crippen LogP) is 2.65. The molecule has 9 nitrogen and oxygen atoms in total. The maximum Gasteiger partial charge on any atom is 0.331 e. The second-order valence-corrected chi connectivity index (χ2v) is 9.23. The molecule has 10 heteroatoms. The summed E-state index contributed by atoms with van der Waals surface area (Å²) in [6.07, 6.45) is 3.12. The molecule has 1 aromatic carbocycles. The number of pyridine rings is 1. The Labute approximate surface area is 208 Å². The second kappa shape index (κ2) is 11.7. The van der Waals surface area contributed by atoms with Gasteiger partial charge < -0.3 is 29.4 Å². The minimum Gasteiger partial charge on any atom is -0.503 e. The zero-order chi connectivity index (χ0) is 25.7. The number of hydrogen-bond acceptors (Lipinski definition) is 8. The molecule has 4 rings (SSSR count). The number of cyclic esters (lactones) is 1. The van der Waals surface area contributed by atoms with E-state index in [4.69, 9.17) is 18.9 Å². The monoisotopic (exact) mass is 502 g/mol. The van der Waals surface area contributed by atoms with Crippen LogP contribution in [0.1, 0.15) is 35.8 Å². The molecule has 1 amide bonds. The quantitative estimate of drug-likeness (QED) is 0.530. The number of nitrogens with one attached hydrogen (secondary N) is 1. The molecule has 1 aliphatic carbocycles. The number of methoxy groups -OCH3 is 1. The number of hydrogen-bond donors (Lipinski definition) is 2. The largest absolute Gasteiger partial charge is 0.503 e. The van der Waals surface area contributed by atoms with E-state index in [0.29, 0.717) is 18.9 Å². The number of carbonyl (C=O) groups is 2. The lowest BCUT2D eigenvalue weighted by molar-refractivity contribution is -0.155. The Morgan fingerprint density at radius 3 is 2.67 bits per heavy atom. The number of nitrogens with zero attached hydrogens (tertiary/aromatic N) is 1. The molecule has 4 unspecified atom stereocenters. The molecular weight excluding hydrogens is 471 g/mol. The number of aromatic nitrogens is 1. The van der Waals surface area contributed by atoms with Gasteiger partial charge in [-0.2, -0.15) is 0 Å².